The van der Waals surface area contributed by atoms with Crippen molar-refractivity contribution in [1.82, 2.24) is 5.01 Å². The standard InChI is InChI=1S/C16H18ClF3N2O2/c1-9(2)6-12-8-15(24,16(18,19)20)22(21-12)14(23)11-4-5-13(17)10(3)7-11/h4-5,7,9,24H,6,8H2,1-3H3/t15-/m1/s1. The highest BCUT2D eigenvalue weighted by molar-refractivity contribution is 6.31. The third-order valence-electron chi connectivity index (χ3n) is 3.74. The van der Waals surface area contributed by atoms with Crippen molar-refractivity contribution in [2.24, 2.45) is 11.0 Å². The summed E-state index contributed by atoms with van der Waals surface area (Å²) in [5.74, 6) is -0.970. The van der Waals surface area contributed by atoms with Crippen LogP contribution in [0.25, 0.3) is 0 Å². The van der Waals surface area contributed by atoms with Crippen LogP contribution in [0.5, 0.6) is 0 Å². The lowest BCUT2D eigenvalue weighted by molar-refractivity contribution is -0.297. The van der Waals surface area contributed by atoms with Crippen molar-refractivity contribution in [1.29, 1.82) is 0 Å². The predicted octanol–water partition coefficient (Wildman–Crippen LogP) is 4.15. The van der Waals surface area contributed by atoms with Gasteiger partial charge in [-0.1, -0.05) is 25.4 Å². The monoisotopic (exact) mass is 362 g/mol. The van der Waals surface area contributed by atoms with E-state index in [-0.39, 0.29) is 28.6 Å². The van der Waals surface area contributed by atoms with E-state index in [2.05, 4.69) is 5.10 Å². The predicted molar refractivity (Wildman–Crippen MR) is 84.9 cm³/mol. The normalized spacial score (nSPS) is 21.4. The van der Waals surface area contributed by atoms with Gasteiger partial charge >= 0.3 is 6.18 Å². The summed E-state index contributed by atoms with van der Waals surface area (Å²) < 4.78 is 40.2. The number of halogens is 4. The highest BCUT2D eigenvalue weighted by Crippen LogP contribution is 2.41. The van der Waals surface area contributed by atoms with Crippen molar-refractivity contribution < 1.29 is 23.1 Å². The van der Waals surface area contributed by atoms with E-state index in [9.17, 15) is 23.1 Å². The molecule has 0 unspecified atom stereocenters. The second kappa shape index (κ2) is 6.37. The van der Waals surface area contributed by atoms with Gasteiger partial charge in [0, 0.05) is 22.7 Å². The number of hydrogen-bond acceptors (Lipinski definition) is 3. The van der Waals surface area contributed by atoms with Crippen LogP contribution in [-0.4, -0.2) is 33.6 Å². The Morgan fingerprint density at radius 3 is 2.58 bits per heavy atom. The van der Waals surface area contributed by atoms with E-state index in [1.54, 1.807) is 6.92 Å². The maximum absolute atomic E-state index is 13.4. The maximum Gasteiger partial charge on any atom is 0.438 e. The van der Waals surface area contributed by atoms with E-state index in [0.717, 1.165) is 0 Å². The molecule has 0 spiro atoms. The lowest BCUT2D eigenvalue weighted by Gasteiger charge is -2.32. The van der Waals surface area contributed by atoms with Crippen LogP contribution in [0.4, 0.5) is 13.2 Å². The first-order chi connectivity index (χ1) is 11.0. The summed E-state index contributed by atoms with van der Waals surface area (Å²) in [5.41, 5.74) is -2.66. The third-order valence-corrected chi connectivity index (χ3v) is 4.16. The molecule has 0 aliphatic carbocycles. The first kappa shape index (κ1) is 18.7. The van der Waals surface area contributed by atoms with Crippen LogP contribution >= 0.6 is 11.6 Å². The summed E-state index contributed by atoms with van der Waals surface area (Å²) in [7, 11) is 0. The number of hydrazone groups is 1. The van der Waals surface area contributed by atoms with Crippen molar-refractivity contribution in [3.63, 3.8) is 0 Å². The Morgan fingerprint density at radius 2 is 2.08 bits per heavy atom. The fraction of sp³-hybridized carbons (Fsp3) is 0.500. The molecule has 8 heteroatoms. The summed E-state index contributed by atoms with van der Waals surface area (Å²) >= 11 is 5.87. The average molecular weight is 363 g/mol. The van der Waals surface area contributed by atoms with Gasteiger partial charge in [-0.2, -0.15) is 23.3 Å². The topological polar surface area (TPSA) is 52.9 Å². The van der Waals surface area contributed by atoms with Crippen molar-refractivity contribution >= 4 is 23.2 Å². The third kappa shape index (κ3) is 3.42. The number of hydrogen-bond donors (Lipinski definition) is 1. The Labute approximate surface area is 142 Å². The first-order valence-electron chi connectivity index (χ1n) is 7.42. The zero-order chi connectivity index (χ0) is 18.3. The SMILES string of the molecule is Cc1cc(C(=O)N2N=C(CC(C)C)C[C@@]2(O)C(F)(F)F)ccc1Cl. The van der Waals surface area contributed by atoms with Crippen molar-refractivity contribution in [3.05, 3.63) is 34.3 Å². The average Bonchev–Trinajstić information content (AvgIpc) is 2.78. The number of carbonyl (C=O) groups excluding carboxylic acids is 1. The van der Waals surface area contributed by atoms with E-state index in [0.29, 0.717) is 10.6 Å². The van der Waals surface area contributed by atoms with Crippen LogP contribution in [0.2, 0.25) is 5.02 Å². The van der Waals surface area contributed by atoms with Gasteiger partial charge in [-0.3, -0.25) is 4.79 Å². The minimum Gasteiger partial charge on any atom is -0.362 e. The van der Waals surface area contributed by atoms with Gasteiger partial charge in [0.2, 0.25) is 0 Å². The zero-order valence-electron chi connectivity index (χ0n) is 13.5. The van der Waals surface area contributed by atoms with Gasteiger partial charge in [0.1, 0.15) is 0 Å². The molecule has 1 heterocycles. The van der Waals surface area contributed by atoms with E-state index in [1.807, 2.05) is 13.8 Å². The number of aliphatic hydroxyl groups is 1. The molecule has 0 aromatic heterocycles. The molecule has 0 fully saturated rings. The van der Waals surface area contributed by atoms with E-state index >= 15 is 0 Å². The number of carbonyl (C=O) groups is 1. The second-order valence-electron chi connectivity index (χ2n) is 6.34. The lowest BCUT2D eigenvalue weighted by Crippen LogP contribution is -2.56. The van der Waals surface area contributed by atoms with E-state index in [1.165, 1.54) is 18.2 Å². The number of nitrogens with zero attached hydrogens (tertiary/aromatic N) is 2. The Morgan fingerprint density at radius 1 is 1.46 bits per heavy atom. The van der Waals surface area contributed by atoms with Gasteiger partial charge in [0.15, 0.2) is 0 Å². The van der Waals surface area contributed by atoms with Crippen LogP contribution in [0.1, 0.15) is 42.6 Å². The molecule has 4 nitrogen and oxygen atoms in total. The fourth-order valence-corrected chi connectivity index (χ4v) is 2.65. The van der Waals surface area contributed by atoms with Crippen molar-refractivity contribution in [2.75, 3.05) is 0 Å². The molecule has 1 amide bonds. The molecule has 1 aliphatic rings. The van der Waals surface area contributed by atoms with Crippen LogP contribution in [0.15, 0.2) is 23.3 Å². The summed E-state index contributed by atoms with van der Waals surface area (Å²) in [6, 6.07) is 4.10. The summed E-state index contributed by atoms with van der Waals surface area (Å²) in [4.78, 5) is 12.5. The molecule has 132 valence electrons. The Hall–Kier alpha value is -1.60. The van der Waals surface area contributed by atoms with Gasteiger partial charge < -0.3 is 5.11 Å². The van der Waals surface area contributed by atoms with Gasteiger partial charge in [-0.25, -0.2) is 0 Å². The molecule has 0 saturated carbocycles. The fourth-order valence-electron chi connectivity index (χ4n) is 2.54. The van der Waals surface area contributed by atoms with Crippen LogP contribution in [0.3, 0.4) is 0 Å². The van der Waals surface area contributed by atoms with Gasteiger partial charge in [-0.05, 0) is 43.0 Å². The Kier molecular flexibility index (Phi) is 4.97. The first-order valence-corrected chi connectivity index (χ1v) is 7.79. The molecule has 2 rings (SSSR count). The van der Waals surface area contributed by atoms with Crippen LogP contribution in [0, 0.1) is 12.8 Å². The molecule has 1 N–H and O–H groups in total. The maximum atomic E-state index is 13.4. The highest BCUT2D eigenvalue weighted by atomic mass is 35.5. The lowest BCUT2D eigenvalue weighted by atomic mass is 9.99. The highest BCUT2D eigenvalue weighted by Gasteiger charge is 2.63. The molecule has 1 atom stereocenters. The number of rotatable bonds is 3. The molecule has 24 heavy (non-hydrogen) atoms. The summed E-state index contributed by atoms with van der Waals surface area (Å²) in [6.45, 7) is 5.27. The second-order valence-corrected chi connectivity index (χ2v) is 6.74. The number of alkyl halides is 3. The minimum atomic E-state index is -5.02. The molecule has 0 radical (unpaired) electrons. The van der Waals surface area contributed by atoms with Crippen molar-refractivity contribution in [3.8, 4) is 0 Å². The Balaban J connectivity index is 2.43. The Bertz CT molecular complexity index is 688. The molecule has 1 aromatic carbocycles. The number of amides is 1. The quantitative estimate of drug-likeness (QED) is 0.878. The van der Waals surface area contributed by atoms with Crippen molar-refractivity contribution in [2.45, 2.75) is 45.5 Å². The molecular weight excluding hydrogens is 345 g/mol. The number of benzene rings is 1. The minimum absolute atomic E-state index is 0.0193. The number of aryl methyl sites for hydroxylation is 1. The van der Waals surface area contributed by atoms with Crippen LogP contribution in [-0.2, 0) is 0 Å². The summed E-state index contributed by atoms with van der Waals surface area (Å²) in [6.07, 6.45) is -5.50. The smallest absolute Gasteiger partial charge is 0.362 e. The molecule has 0 saturated heterocycles. The van der Waals surface area contributed by atoms with Gasteiger partial charge in [0.05, 0.1) is 0 Å². The molecule has 1 aliphatic heterocycles. The largest absolute Gasteiger partial charge is 0.438 e. The van der Waals surface area contributed by atoms with Crippen LogP contribution < -0.4 is 0 Å². The van der Waals surface area contributed by atoms with E-state index < -0.39 is 24.2 Å². The van der Waals surface area contributed by atoms with Gasteiger partial charge in [0.25, 0.3) is 11.6 Å². The summed E-state index contributed by atoms with van der Waals surface area (Å²) in [5, 5.41) is 14.5. The van der Waals surface area contributed by atoms with Gasteiger partial charge in [-0.15, -0.1) is 0 Å². The molecule has 1 aromatic rings. The molecule has 0 bridgehead atoms. The molecular formula is C16H18ClF3N2O2. The zero-order valence-corrected chi connectivity index (χ0v) is 14.2. The van der Waals surface area contributed by atoms with E-state index in [4.69, 9.17) is 11.6 Å².